The number of anilines is 4. The van der Waals surface area contributed by atoms with Crippen LogP contribution in [0.5, 0.6) is 0 Å². The van der Waals surface area contributed by atoms with Crippen LogP contribution < -0.4 is 10.6 Å². The number of carboxylic acid groups (broad SMARTS) is 1. The summed E-state index contributed by atoms with van der Waals surface area (Å²) in [5, 5.41) is 17.0. The van der Waals surface area contributed by atoms with Crippen molar-refractivity contribution in [1.29, 1.82) is 0 Å². The Balaban J connectivity index is 0.000000157. The summed E-state index contributed by atoms with van der Waals surface area (Å²) in [6, 6.07) is 12.2. The van der Waals surface area contributed by atoms with Crippen LogP contribution >= 0.6 is 22.7 Å². The van der Waals surface area contributed by atoms with Crippen LogP contribution in [0.1, 0.15) is 52.0 Å². The lowest BCUT2D eigenvalue weighted by Crippen LogP contribution is -2.04. The molecule has 50 heavy (non-hydrogen) atoms. The zero-order valence-electron chi connectivity index (χ0n) is 26.8. The molecule has 0 amide bonds. The van der Waals surface area contributed by atoms with Gasteiger partial charge in [-0.3, -0.25) is 19.6 Å². The second kappa shape index (κ2) is 14.8. The molecule has 3 N–H and O–H groups in total. The van der Waals surface area contributed by atoms with Gasteiger partial charge in [0.25, 0.3) is 0 Å². The monoisotopic (exact) mass is 706 g/mol. The summed E-state index contributed by atoms with van der Waals surface area (Å²) in [5.74, 6) is 0.228. The molecule has 16 heteroatoms. The van der Waals surface area contributed by atoms with Crippen molar-refractivity contribution in [3.05, 3.63) is 81.3 Å². The van der Waals surface area contributed by atoms with Crippen molar-refractivity contribution in [3.63, 3.8) is 0 Å². The molecule has 0 radical (unpaired) electrons. The van der Waals surface area contributed by atoms with Gasteiger partial charge in [0.2, 0.25) is 0 Å². The number of carbonyl (C=O) groups is 2. The first-order chi connectivity index (χ1) is 24.4. The summed E-state index contributed by atoms with van der Waals surface area (Å²) in [4.78, 5) is 58.5. The molecule has 0 saturated carbocycles. The molecular weight excluding hydrogens is 677 g/mol. The fourth-order valence-corrected chi connectivity index (χ4v) is 7.09. The highest BCUT2D eigenvalue weighted by atomic mass is 32.1. The number of aromatic nitrogens is 6. The van der Waals surface area contributed by atoms with E-state index in [0.29, 0.717) is 48.5 Å². The number of aliphatic imine (C=N–C) groups is 2. The number of aliphatic carboxylic acids is 1. The molecule has 0 atom stereocenters. The molecule has 6 aromatic rings. The Kier molecular flexibility index (Phi) is 9.70. The minimum absolute atomic E-state index is 0.0557. The Morgan fingerprint density at radius 1 is 0.760 bits per heavy atom. The summed E-state index contributed by atoms with van der Waals surface area (Å²) in [7, 11) is 0. The second-order valence-electron chi connectivity index (χ2n) is 11.2. The van der Waals surface area contributed by atoms with E-state index in [0.717, 1.165) is 55.3 Å². The summed E-state index contributed by atoms with van der Waals surface area (Å²) in [6.45, 7) is 3.66. The number of rotatable bonds is 11. The smallest absolute Gasteiger partial charge is 0.306 e. The number of hydrogen-bond donors (Lipinski definition) is 3. The van der Waals surface area contributed by atoms with Crippen LogP contribution in [0.4, 0.5) is 23.0 Å². The molecule has 14 nitrogen and oxygen atoms in total. The maximum Gasteiger partial charge on any atom is 0.306 e. The van der Waals surface area contributed by atoms with Gasteiger partial charge in [0.15, 0.2) is 11.6 Å². The van der Waals surface area contributed by atoms with E-state index in [1.165, 1.54) is 46.5 Å². The number of nitrogens with zero attached hydrogens (tertiary/aromatic N) is 8. The lowest BCUT2D eigenvalue weighted by atomic mass is 10.1. The number of thiazole rings is 2. The number of benzene rings is 2. The number of fused-ring (bicyclic) bond motifs is 4. The number of carbonyl (C=O) groups excluding carboxylic acids is 1. The summed E-state index contributed by atoms with van der Waals surface area (Å²) in [5.41, 5.74) is 7.86. The van der Waals surface area contributed by atoms with Gasteiger partial charge in [0.1, 0.15) is 33.3 Å². The van der Waals surface area contributed by atoms with Crippen LogP contribution in [0.2, 0.25) is 0 Å². The minimum Gasteiger partial charge on any atom is -0.481 e. The number of ether oxygens (including phenoxy) is 1. The molecule has 6 heterocycles. The van der Waals surface area contributed by atoms with E-state index in [4.69, 9.17) is 9.84 Å². The van der Waals surface area contributed by atoms with Gasteiger partial charge >= 0.3 is 11.9 Å². The first-order valence-corrected chi connectivity index (χ1v) is 17.4. The zero-order valence-corrected chi connectivity index (χ0v) is 28.4. The van der Waals surface area contributed by atoms with E-state index in [-0.39, 0.29) is 12.4 Å². The van der Waals surface area contributed by atoms with Crippen LogP contribution in [-0.4, -0.2) is 66.0 Å². The summed E-state index contributed by atoms with van der Waals surface area (Å²) in [6.07, 6.45) is 8.05. The van der Waals surface area contributed by atoms with Crippen LogP contribution in [-0.2, 0) is 40.3 Å². The van der Waals surface area contributed by atoms with E-state index >= 15 is 0 Å². The average Bonchev–Trinajstić information content (AvgIpc) is 3.93. The molecule has 0 saturated heterocycles. The molecule has 2 aromatic carbocycles. The van der Waals surface area contributed by atoms with Gasteiger partial charge in [-0.2, -0.15) is 0 Å². The van der Waals surface area contributed by atoms with E-state index in [9.17, 15) is 9.59 Å². The molecule has 0 spiro atoms. The maximum atomic E-state index is 11.5. The molecule has 252 valence electrons. The molecule has 0 aliphatic carbocycles. The van der Waals surface area contributed by atoms with Gasteiger partial charge in [0, 0.05) is 36.6 Å². The molecule has 0 bridgehead atoms. The van der Waals surface area contributed by atoms with Crippen LogP contribution in [0.3, 0.4) is 0 Å². The van der Waals surface area contributed by atoms with E-state index in [1.54, 1.807) is 6.92 Å². The van der Waals surface area contributed by atoms with Crippen molar-refractivity contribution < 1.29 is 19.4 Å². The summed E-state index contributed by atoms with van der Waals surface area (Å²) < 4.78 is 4.96. The maximum absolute atomic E-state index is 11.5. The Hall–Kier alpha value is -5.74. The standard InChI is InChI=1S/C18H17N5O2S.C16H13N5O2S/c1-2-25-15(24)6-5-14-23-16-17(20-10-21-18(16)26-14)22-13-4-3-11-8-19-9-12(11)7-13;22-13(23)4-3-12-21-14-15(18-8-19-16(14)24-12)20-11-2-1-9-6-17-7-10(9)5-11/h3-4,7,9-10H,2,5-6,8H2,1H3,(H,20,21,22);1-2,5,7-8H,3-4,6H2,(H,22,23)(H,18,19,20). The molecule has 0 fully saturated rings. The van der Waals surface area contributed by atoms with Gasteiger partial charge in [-0.1, -0.05) is 34.8 Å². The predicted octanol–water partition coefficient (Wildman–Crippen LogP) is 6.04. The Morgan fingerprint density at radius 2 is 1.28 bits per heavy atom. The van der Waals surface area contributed by atoms with Crippen LogP contribution in [0.25, 0.3) is 20.7 Å². The number of hydrogen-bond acceptors (Lipinski definition) is 15. The van der Waals surface area contributed by atoms with Crippen molar-refractivity contribution in [2.75, 3.05) is 17.2 Å². The highest BCUT2D eigenvalue weighted by molar-refractivity contribution is 7.18. The minimum atomic E-state index is -0.835. The number of esters is 1. The Bertz CT molecular complexity index is 2280. The number of carboxylic acids is 1. The fraction of sp³-hybridized carbons (Fsp3) is 0.235. The second-order valence-corrected chi connectivity index (χ2v) is 13.3. The van der Waals surface area contributed by atoms with Crippen molar-refractivity contribution >= 4 is 90.7 Å². The lowest BCUT2D eigenvalue weighted by Gasteiger charge is -2.07. The number of aryl methyl sites for hydroxylation is 2. The third kappa shape index (κ3) is 7.61. The van der Waals surface area contributed by atoms with Gasteiger partial charge in [0.05, 0.1) is 42.6 Å². The van der Waals surface area contributed by atoms with Crippen molar-refractivity contribution in [2.45, 2.75) is 45.7 Å². The molecule has 2 aliphatic rings. The average molecular weight is 707 g/mol. The van der Waals surface area contributed by atoms with Crippen molar-refractivity contribution in [3.8, 4) is 0 Å². The fourth-order valence-electron chi connectivity index (χ4n) is 5.28. The molecule has 8 rings (SSSR count). The predicted molar refractivity (Wildman–Crippen MR) is 193 cm³/mol. The lowest BCUT2D eigenvalue weighted by molar-refractivity contribution is -0.143. The van der Waals surface area contributed by atoms with E-state index in [2.05, 4.69) is 56.6 Å². The quantitative estimate of drug-likeness (QED) is 0.133. The normalized spacial score (nSPS) is 12.4. The SMILES string of the molecule is CCOC(=O)CCc1nc2c(Nc3ccc4c(c3)C=NC4)ncnc2s1.O=C(O)CCc1nc2c(Nc3ccc4c(c3)C=NC4)ncnc2s1. The van der Waals surface area contributed by atoms with Crippen LogP contribution in [0.15, 0.2) is 59.0 Å². The van der Waals surface area contributed by atoms with Crippen molar-refractivity contribution in [2.24, 2.45) is 9.98 Å². The molecule has 2 aliphatic heterocycles. The highest BCUT2D eigenvalue weighted by Crippen LogP contribution is 2.30. The van der Waals surface area contributed by atoms with Gasteiger partial charge in [-0.15, -0.1) is 0 Å². The van der Waals surface area contributed by atoms with Gasteiger partial charge in [-0.05, 0) is 53.4 Å². The highest BCUT2D eigenvalue weighted by Gasteiger charge is 2.15. The Morgan fingerprint density at radius 3 is 1.78 bits per heavy atom. The molecular formula is C34H30N10O4S2. The van der Waals surface area contributed by atoms with Gasteiger partial charge < -0.3 is 20.5 Å². The molecule has 0 unspecified atom stereocenters. The zero-order chi connectivity index (χ0) is 34.5. The van der Waals surface area contributed by atoms with Crippen molar-refractivity contribution in [1.82, 2.24) is 29.9 Å². The summed E-state index contributed by atoms with van der Waals surface area (Å²) >= 11 is 2.87. The third-order valence-corrected chi connectivity index (χ3v) is 9.73. The van der Waals surface area contributed by atoms with E-state index in [1.807, 2.05) is 42.8 Å². The number of nitrogens with one attached hydrogen (secondary N) is 2. The van der Waals surface area contributed by atoms with Crippen LogP contribution in [0, 0.1) is 0 Å². The topological polar surface area (TPSA) is 190 Å². The molecule has 4 aromatic heterocycles. The first-order valence-electron chi connectivity index (χ1n) is 15.8. The van der Waals surface area contributed by atoms with E-state index < -0.39 is 5.97 Å². The third-order valence-electron chi connectivity index (χ3n) is 7.68. The largest absolute Gasteiger partial charge is 0.481 e. The Labute approximate surface area is 293 Å². The first kappa shape index (κ1) is 32.8. The van der Waals surface area contributed by atoms with Gasteiger partial charge in [-0.25, -0.2) is 29.9 Å².